The number of hydrogen-bond acceptors (Lipinski definition) is 6. The fourth-order valence-corrected chi connectivity index (χ4v) is 2.54. The zero-order valence-electron chi connectivity index (χ0n) is 12.4. The van der Waals surface area contributed by atoms with E-state index < -0.39 is 0 Å². The van der Waals surface area contributed by atoms with E-state index in [1.807, 2.05) is 6.07 Å². The average Bonchev–Trinajstić information content (AvgIpc) is 2.89. The molecule has 1 atom stereocenters. The molecule has 0 bridgehead atoms. The molecule has 0 unspecified atom stereocenters. The number of hydrogen-bond donors (Lipinski definition) is 3. The quantitative estimate of drug-likeness (QED) is 0.800. The Morgan fingerprint density at radius 3 is 2.82 bits per heavy atom. The van der Waals surface area contributed by atoms with E-state index in [1.54, 1.807) is 19.1 Å². The van der Waals surface area contributed by atoms with Gasteiger partial charge in [-0.1, -0.05) is 0 Å². The molecule has 3 rings (SSSR count). The van der Waals surface area contributed by atoms with Crippen molar-refractivity contribution in [1.82, 2.24) is 9.97 Å². The van der Waals surface area contributed by atoms with Crippen LogP contribution in [0.15, 0.2) is 24.3 Å². The van der Waals surface area contributed by atoms with Gasteiger partial charge in [-0.25, -0.2) is 4.39 Å². The summed E-state index contributed by atoms with van der Waals surface area (Å²) in [6.45, 7) is 3.32. The Morgan fingerprint density at radius 2 is 2.14 bits per heavy atom. The Labute approximate surface area is 128 Å². The fraction of sp³-hybridized carbons (Fsp3) is 0.333. The van der Waals surface area contributed by atoms with Gasteiger partial charge in [0, 0.05) is 30.9 Å². The van der Waals surface area contributed by atoms with Crippen LogP contribution in [0.3, 0.4) is 0 Å². The minimum absolute atomic E-state index is 0.160. The molecule has 1 fully saturated rings. The summed E-state index contributed by atoms with van der Waals surface area (Å²) in [5, 5.41) is 3.13. The Balaban J connectivity index is 1.84. The van der Waals surface area contributed by atoms with Crippen molar-refractivity contribution in [2.24, 2.45) is 5.73 Å². The highest BCUT2D eigenvalue weighted by atomic mass is 19.1. The molecule has 0 aliphatic carbocycles. The number of aromatic nitrogens is 2. The third kappa shape index (κ3) is 3.09. The minimum Gasteiger partial charge on any atom is -0.368 e. The number of benzene rings is 1. The molecule has 0 spiro atoms. The first kappa shape index (κ1) is 14.5. The molecule has 1 aromatic heterocycles. The maximum atomic E-state index is 13.3. The lowest BCUT2D eigenvalue weighted by Gasteiger charge is -2.18. The van der Waals surface area contributed by atoms with Gasteiger partial charge in [0.1, 0.15) is 17.5 Å². The van der Waals surface area contributed by atoms with Crippen molar-refractivity contribution in [3.63, 3.8) is 0 Å². The van der Waals surface area contributed by atoms with Gasteiger partial charge >= 0.3 is 0 Å². The third-order valence-corrected chi connectivity index (χ3v) is 3.71. The predicted octanol–water partition coefficient (Wildman–Crippen LogP) is 1.79. The zero-order chi connectivity index (χ0) is 15.7. The molecule has 1 aromatic carbocycles. The molecule has 1 aliphatic rings. The van der Waals surface area contributed by atoms with Gasteiger partial charge in [0.05, 0.1) is 0 Å². The van der Waals surface area contributed by atoms with Gasteiger partial charge in [0.25, 0.3) is 0 Å². The maximum absolute atomic E-state index is 13.3. The van der Waals surface area contributed by atoms with Crippen LogP contribution in [-0.2, 0) is 0 Å². The van der Waals surface area contributed by atoms with Crippen LogP contribution in [0.25, 0.3) is 0 Å². The van der Waals surface area contributed by atoms with Crippen molar-refractivity contribution in [2.75, 3.05) is 29.0 Å². The van der Waals surface area contributed by atoms with Crippen molar-refractivity contribution in [3.05, 3.63) is 35.6 Å². The SMILES string of the molecule is Cc1cc(Nc2cc(N3CC[C@@H](N)C3)nc(N)n2)ccc1F. The molecule has 0 amide bonds. The van der Waals surface area contributed by atoms with Crippen LogP contribution in [0.5, 0.6) is 0 Å². The van der Waals surface area contributed by atoms with Crippen LogP contribution in [0.4, 0.5) is 27.7 Å². The second-order valence-corrected chi connectivity index (χ2v) is 5.55. The summed E-state index contributed by atoms with van der Waals surface area (Å²) < 4.78 is 13.3. The summed E-state index contributed by atoms with van der Waals surface area (Å²) in [6, 6.07) is 6.79. The van der Waals surface area contributed by atoms with Crippen LogP contribution < -0.4 is 21.7 Å². The standard InChI is InChI=1S/C15H19FN6/c1-9-6-11(2-3-12(9)16)19-13-7-14(21-15(18)20-13)22-5-4-10(17)8-22/h2-3,6-7,10H,4-5,8,17H2,1H3,(H3,18,19,20,21)/t10-/m1/s1. The summed E-state index contributed by atoms with van der Waals surface area (Å²) in [7, 11) is 0. The number of halogens is 1. The highest BCUT2D eigenvalue weighted by Crippen LogP contribution is 2.24. The molecule has 1 saturated heterocycles. The lowest BCUT2D eigenvalue weighted by atomic mass is 10.2. The lowest BCUT2D eigenvalue weighted by molar-refractivity contribution is 0.619. The molecule has 0 saturated carbocycles. The van der Waals surface area contributed by atoms with Crippen molar-refractivity contribution < 1.29 is 4.39 Å². The largest absolute Gasteiger partial charge is 0.368 e. The average molecular weight is 302 g/mol. The summed E-state index contributed by atoms with van der Waals surface area (Å²) in [4.78, 5) is 10.5. The first-order valence-corrected chi connectivity index (χ1v) is 7.19. The summed E-state index contributed by atoms with van der Waals surface area (Å²) in [5.41, 5.74) is 13.0. The Morgan fingerprint density at radius 1 is 1.32 bits per heavy atom. The van der Waals surface area contributed by atoms with E-state index in [2.05, 4.69) is 20.2 Å². The van der Waals surface area contributed by atoms with E-state index >= 15 is 0 Å². The molecule has 22 heavy (non-hydrogen) atoms. The minimum atomic E-state index is -0.237. The molecule has 1 aliphatic heterocycles. The first-order valence-electron chi connectivity index (χ1n) is 7.19. The molecule has 2 aromatic rings. The number of nitrogen functional groups attached to an aromatic ring is 1. The van der Waals surface area contributed by atoms with E-state index in [9.17, 15) is 4.39 Å². The normalized spacial score (nSPS) is 17.8. The van der Waals surface area contributed by atoms with Gasteiger partial charge in [-0.2, -0.15) is 9.97 Å². The summed E-state index contributed by atoms with van der Waals surface area (Å²) in [6.07, 6.45) is 0.934. The van der Waals surface area contributed by atoms with Gasteiger partial charge in [-0.05, 0) is 37.1 Å². The topological polar surface area (TPSA) is 93.1 Å². The lowest BCUT2D eigenvalue weighted by Crippen LogP contribution is -2.27. The van der Waals surface area contributed by atoms with E-state index in [4.69, 9.17) is 11.5 Å². The Hall–Kier alpha value is -2.41. The van der Waals surface area contributed by atoms with E-state index in [1.165, 1.54) is 6.07 Å². The second-order valence-electron chi connectivity index (χ2n) is 5.55. The fourth-order valence-electron chi connectivity index (χ4n) is 2.54. The van der Waals surface area contributed by atoms with Gasteiger partial charge in [-0.3, -0.25) is 0 Å². The number of aryl methyl sites for hydroxylation is 1. The van der Waals surface area contributed by atoms with Crippen molar-refractivity contribution in [1.29, 1.82) is 0 Å². The number of anilines is 4. The molecule has 0 radical (unpaired) electrons. The Bertz CT molecular complexity index is 690. The maximum Gasteiger partial charge on any atom is 0.223 e. The highest BCUT2D eigenvalue weighted by Gasteiger charge is 2.21. The number of nitrogens with one attached hydrogen (secondary N) is 1. The third-order valence-electron chi connectivity index (χ3n) is 3.71. The molecule has 6 nitrogen and oxygen atoms in total. The zero-order valence-corrected chi connectivity index (χ0v) is 12.4. The second kappa shape index (κ2) is 5.76. The van der Waals surface area contributed by atoms with E-state index in [0.717, 1.165) is 31.0 Å². The monoisotopic (exact) mass is 302 g/mol. The summed E-state index contributed by atoms with van der Waals surface area (Å²) in [5.74, 6) is 1.29. The van der Waals surface area contributed by atoms with Crippen molar-refractivity contribution in [3.8, 4) is 0 Å². The molecular weight excluding hydrogens is 283 g/mol. The van der Waals surface area contributed by atoms with Gasteiger partial charge in [-0.15, -0.1) is 0 Å². The van der Waals surface area contributed by atoms with Gasteiger partial charge < -0.3 is 21.7 Å². The van der Waals surface area contributed by atoms with Crippen molar-refractivity contribution in [2.45, 2.75) is 19.4 Å². The molecule has 7 heteroatoms. The van der Waals surface area contributed by atoms with E-state index in [0.29, 0.717) is 11.4 Å². The smallest absolute Gasteiger partial charge is 0.223 e. The van der Waals surface area contributed by atoms with Crippen LogP contribution >= 0.6 is 0 Å². The van der Waals surface area contributed by atoms with Crippen molar-refractivity contribution >= 4 is 23.3 Å². The predicted molar refractivity (Wildman–Crippen MR) is 85.7 cm³/mol. The van der Waals surface area contributed by atoms with Crippen LogP contribution in [-0.4, -0.2) is 29.1 Å². The first-order chi connectivity index (χ1) is 10.5. The molecule has 116 valence electrons. The number of nitrogens with two attached hydrogens (primary N) is 2. The summed E-state index contributed by atoms with van der Waals surface area (Å²) >= 11 is 0. The molecular formula is C15H19FN6. The van der Waals surface area contributed by atoms with Gasteiger partial charge in [0.2, 0.25) is 5.95 Å². The van der Waals surface area contributed by atoms with Crippen LogP contribution in [0.2, 0.25) is 0 Å². The number of nitrogens with zero attached hydrogens (tertiary/aromatic N) is 3. The van der Waals surface area contributed by atoms with Gasteiger partial charge in [0.15, 0.2) is 0 Å². The van der Waals surface area contributed by atoms with Crippen LogP contribution in [0.1, 0.15) is 12.0 Å². The molecule has 5 N–H and O–H groups in total. The molecule has 2 heterocycles. The van der Waals surface area contributed by atoms with E-state index in [-0.39, 0.29) is 17.8 Å². The van der Waals surface area contributed by atoms with Crippen LogP contribution in [0, 0.1) is 12.7 Å². The Kier molecular flexibility index (Phi) is 3.81. The highest BCUT2D eigenvalue weighted by molar-refractivity contribution is 5.62. The number of rotatable bonds is 3.